The largest absolute Gasteiger partial charge is 0.340 e. The summed E-state index contributed by atoms with van der Waals surface area (Å²) in [6.45, 7) is 0. The van der Waals surface area contributed by atoms with Gasteiger partial charge in [0, 0.05) is 23.4 Å². The molecule has 0 aliphatic carbocycles. The van der Waals surface area contributed by atoms with E-state index >= 15 is 0 Å². The smallest absolute Gasteiger partial charge is 0.0965 e. The van der Waals surface area contributed by atoms with Gasteiger partial charge in [0.2, 0.25) is 0 Å². The minimum Gasteiger partial charge on any atom is -0.340 e. The molecule has 1 aliphatic rings. The number of rotatable bonds is 1. The molecule has 0 atom stereocenters. The monoisotopic (exact) mass is 169 g/mol. The maximum atomic E-state index is 5.55. The van der Waals surface area contributed by atoms with Crippen molar-refractivity contribution in [3.05, 3.63) is 36.7 Å². The Hall–Kier alpha value is -0.473. The van der Waals surface area contributed by atoms with Crippen LogP contribution in [0.2, 0.25) is 0 Å². The van der Waals surface area contributed by atoms with Crippen LogP contribution < -0.4 is 0 Å². The summed E-state index contributed by atoms with van der Waals surface area (Å²) in [4.78, 5) is 1.89. The van der Waals surface area contributed by atoms with Gasteiger partial charge < -0.3 is 4.90 Å². The van der Waals surface area contributed by atoms with Crippen molar-refractivity contribution in [3.63, 3.8) is 0 Å². The second-order valence-corrected chi connectivity index (χ2v) is 1.94. The summed E-state index contributed by atoms with van der Waals surface area (Å²) in [6.07, 6.45) is 11.7. The molecule has 0 amide bonds. The summed E-state index contributed by atoms with van der Waals surface area (Å²) in [5.74, 6) is 0. The zero-order chi connectivity index (χ0) is 6.53. The number of nitrogens with zero attached hydrogens (tertiary/aromatic N) is 1. The maximum absolute atomic E-state index is 5.55. The zero-order valence-corrected chi connectivity index (χ0v) is 7.25. The lowest BCUT2D eigenvalue weighted by Gasteiger charge is -2.07. The zero-order valence-electron chi connectivity index (χ0n) is 5.50. The predicted octanol–water partition coefficient (Wildman–Crippen LogP) is 1.70. The molecule has 4 radical (unpaired) electrons. The molecular weight excluding hydrogens is 162 g/mol. The molecule has 0 spiro atoms. The number of alkyl halides is 1. The van der Waals surface area contributed by atoms with Crippen LogP contribution in [0.5, 0.6) is 0 Å². The highest BCUT2D eigenvalue weighted by molar-refractivity contribution is 6.17. The highest BCUT2D eigenvalue weighted by atomic mass is 35.5. The normalized spacial score (nSPS) is 14.7. The molecule has 52 valence electrons. The fourth-order valence-electron chi connectivity index (χ4n) is 0.578. The molecule has 1 heterocycles. The molecular formula is C7H8ClNSi. The Bertz CT molecular complexity index is 147. The van der Waals surface area contributed by atoms with Crippen LogP contribution >= 0.6 is 11.6 Å². The van der Waals surface area contributed by atoms with Crippen LogP contribution in [-0.2, 0) is 0 Å². The number of hydrogen-bond acceptors (Lipinski definition) is 1. The van der Waals surface area contributed by atoms with Crippen LogP contribution in [0.1, 0.15) is 0 Å². The van der Waals surface area contributed by atoms with Crippen LogP contribution in [0.3, 0.4) is 0 Å². The van der Waals surface area contributed by atoms with E-state index in [4.69, 9.17) is 11.6 Å². The third-order valence-electron chi connectivity index (χ3n) is 1.03. The van der Waals surface area contributed by atoms with Crippen molar-refractivity contribution in [2.24, 2.45) is 0 Å². The van der Waals surface area contributed by atoms with Gasteiger partial charge in [0.1, 0.15) is 0 Å². The van der Waals surface area contributed by atoms with Gasteiger partial charge in [-0.2, -0.15) is 0 Å². The summed E-state index contributed by atoms with van der Waals surface area (Å²) in [5, 5.41) is 0. The summed E-state index contributed by atoms with van der Waals surface area (Å²) < 4.78 is 0. The number of halogens is 1. The van der Waals surface area contributed by atoms with Gasteiger partial charge in [0.05, 0.1) is 6.00 Å². The fraction of sp³-hybridized carbons (Fsp3) is 0.143. The van der Waals surface area contributed by atoms with E-state index in [9.17, 15) is 0 Å². The lowest BCUT2D eigenvalue weighted by atomic mass is 10.5. The van der Waals surface area contributed by atoms with Crippen molar-refractivity contribution >= 4 is 22.6 Å². The number of allylic oxidation sites excluding steroid dienone is 4. The summed E-state index contributed by atoms with van der Waals surface area (Å²) >= 11 is 5.55. The first-order valence-electron chi connectivity index (χ1n) is 2.77. The molecule has 0 N–H and O–H groups in total. The molecule has 0 saturated carbocycles. The average Bonchev–Trinajstić information content (AvgIpc) is 2.13. The van der Waals surface area contributed by atoms with E-state index in [-0.39, 0.29) is 11.0 Å². The van der Waals surface area contributed by atoms with E-state index in [1.54, 1.807) is 0 Å². The molecule has 1 nitrogen and oxygen atoms in total. The van der Waals surface area contributed by atoms with Crippen molar-refractivity contribution in [2.45, 2.75) is 0 Å². The Kier molecular flexibility index (Phi) is 5.07. The molecule has 0 aromatic heterocycles. The molecule has 0 unspecified atom stereocenters. The number of hydrogen-bond donors (Lipinski definition) is 0. The van der Waals surface area contributed by atoms with Gasteiger partial charge in [0.25, 0.3) is 0 Å². The summed E-state index contributed by atoms with van der Waals surface area (Å²) in [7, 11) is 0. The van der Waals surface area contributed by atoms with Crippen molar-refractivity contribution < 1.29 is 0 Å². The van der Waals surface area contributed by atoms with Crippen LogP contribution in [0, 0.1) is 0 Å². The van der Waals surface area contributed by atoms with Gasteiger partial charge in [-0.3, -0.25) is 0 Å². The quantitative estimate of drug-likeness (QED) is 0.328. The lowest BCUT2D eigenvalue weighted by molar-refractivity contribution is 0.598. The second-order valence-electron chi connectivity index (χ2n) is 1.70. The third-order valence-corrected chi connectivity index (χ3v) is 1.30. The van der Waals surface area contributed by atoms with Crippen LogP contribution in [-0.4, -0.2) is 21.9 Å². The molecule has 3 heteroatoms. The fourth-order valence-corrected chi connectivity index (χ4v) is 0.738. The van der Waals surface area contributed by atoms with Crippen LogP contribution in [0.25, 0.3) is 0 Å². The van der Waals surface area contributed by atoms with Crippen LogP contribution in [0.4, 0.5) is 0 Å². The summed E-state index contributed by atoms with van der Waals surface area (Å²) in [5.41, 5.74) is 0. The topological polar surface area (TPSA) is 3.24 Å². The van der Waals surface area contributed by atoms with Gasteiger partial charge in [-0.05, 0) is 12.2 Å². The molecule has 1 rings (SSSR count). The van der Waals surface area contributed by atoms with Gasteiger partial charge in [0.15, 0.2) is 0 Å². The lowest BCUT2D eigenvalue weighted by Crippen LogP contribution is -2.04. The molecule has 0 saturated heterocycles. The van der Waals surface area contributed by atoms with E-state index in [1.165, 1.54) is 0 Å². The first kappa shape index (κ1) is 9.53. The summed E-state index contributed by atoms with van der Waals surface area (Å²) in [6, 6.07) is 0.509. The molecule has 1 aliphatic heterocycles. The van der Waals surface area contributed by atoms with E-state index < -0.39 is 0 Å². The SMILES string of the molecule is ClCN1C=CC=CC=C1.[Si]. The molecule has 0 aromatic rings. The Balaban J connectivity index is 0.000000810. The molecule has 0 bridgehead atoms. The first-order chi connectivity index (χ1) is 4.43. The Morgan fingerprint density at radius 3 is 1.90 bits per heavy atom. The van der Waals surface area contributed by atoms with E-state index in [1.807, 2.05) is 41.6 Å². The van der Waals surface area contributed by atoms with Gasteiger partial charge in [-0.1, -0.05) is 12.2 Å². The van der Waals surface area contributed by atoms with Crippen LogP contribution in [0.15, 0.2) is 36.7 Å². The van der Waals surface area contributed by atoms with Crippen molar-refractivity contribution in [1.29, 1.82) is 0 Å². The Morgan fingerprint density at radius 2 is 1.50 bits per heavy atom. The first-order valence-corrected chi connectivity index (χ1v) is 3.30. The third kappa shape index (κ3) is 2.89. The highest BCUT2D eigenvalue weighted by Crippen LogP contribution is 1.98. The Morgan fingerprint density at radius 1 is 1.00 bits per heavy atom. The predicted molar refractivity (Wildman–Crippen MR) is 45.7 cm³/mol. The van der Waals surface area contributed by atoms with Gasteiger partial charge in [-0.25, -0.2) is 0 Å². The van der Waals surface area contributed by atoms with Crippen molar-refractivity contribution in [3.8, 4) is 0 Å². The minimum absolute atomic E-state index is 0. The van der Waals surface area contributed by atoms with Crippen molar-refractivity contribution in [1.82, 2.24) is 4.90 Å². The van der Waals surface area contributed by atoms with E-state index in [2.05, 4.69) is 0 Å². The molecule has 0 aromatic carbocycles. The van der Waals surface area contributed by atoms with Gasteiger partial charge in [-0.15, -0.1) is 11.6 Å². The van der Waals surface area contributed by atoms with Gasteiger partial charge >= 0.3 is 0 Å². The molecule has 10 heavy (non-hydrogen) atoms. The minimum atomic E-state index is 0. The van der Waals surface area contributed by atoms with Crippen molar-refractivity contribution in [2.75, 3.05) is 6.00 Å². The van der Waals surface area contributed by atoms with E-state index in [0.29, 0.717) is 6.00 Å². The second kappa shape index (κ2) is 5.32. The average molecular weight is 170 g/mol. The standard InChI is InChI=1S/C7H8ClN.Si/c8-7-9-5-3-1-2-4-6-9;/h1-6H,7H2;. The maximum Gasteiger partial charge on any atom is 0.0965 e. The highest BCUT2D eigenvalue weighted by Gasteiger charge is 1.87. The van der Waals surface area contributed by atoms with E-state index in [0.717, 1.165) is 0 Å². The Labute approximate surface area is 70.7 Å². The molecule has 0 fully saturated rings.